The Kier molecular flexibility index (Phi) is 5.06. The number of rotatable bonds is 5. The number of anilines is 1. The van der Waals surface area contributed by atoms with Gasteiger partial charge in [0.2, 0.25) is 0 Å². The van der Waals surface area contributed by atoms with E-state index in [2.05, 4.69) is 6.92 Å². The Morgan fingerprint density at radius 1 is 1.50 bits per heavy atom. The maximum atomic E-state index is 11.4. The van der Waals surface area contributed by atoms with Crippen LogP contribution in [0.4, 0.5) is 5.69 Å². The molecule has 2 N–H and O–H groups in total. The number of nitrogen functional groups attached to an aromatic ring is 1. The van der Waals surface area contributed by atoms with Crippen molar-refractivity contribution in [3.63, 3.8) is 0 Å². The van der Waals surface area contributed by atoms with Crippen LogP contribution in [0.3, 0.4) is 0 Å². The summed E-state index contributed by atoms with van der Waals surface area (Å²) in [6.07, 6.45) is 5.83. The van der Waals surface area contributed by atoms with Crippen LogP contribution in [0, 0.1) is 0 Å². The van der Waals surface area contributed by atoms with Crippen molar-refractivity contribution in [2.75, 3.05) is 5.73 Å². The fourth-order valence-electron chi connectivity index (χ4n) is 1.31. The number of unbranched alkanes of at least 4 members (excludes halogenated alkanes) is 1. The molecule has 1 aromatic rings. The van der Waals surface area contributed by atoms with Gasteiger partial charge in [0.15, 0.2) is 5.78 Å². The highest BCUT2D eigenvalue weighted by Crippen LogP contribution is 2.19. The average Bonchev–Trinajstić information content (AvgIpc) is 2.27. The maximum absolute atomic E-state index is 11.4. The van der Waals surface area contributed by atoms with Crippen LogP contribution in [0.5, 0.6) is 0 Å². The highest BCUT2D eigenvalue weighted by Gasteiger charge is 1.98. The molecule has 0 atom stereocenters. The van der Waals surface area contributed by atoms with E-state index in [1.54, 1.807) is 30.4 Å². The molecule has 0 saturated heterocycles. The zero-order valence-corrected chi connectivity index (χ0v) is 10.1. The fraction of sp³-hybridized carbons (Fsp3) is 0.308. The molecule has 0 aliphatic rings. The Morgan fingerprint density at radius 2 is 2.25 bits per heavy atom. The van der Waals surface area contributed by atoms with Gasteiger partial charge in [0, 0.05) is 17.1 Å². The predicted molar refractivity (Wildman–Crippen MR) is 69.4 cm³/mol. The highest BCUT2D eigenvalue weighted by atomic mass is 35.5. The van der Waals surface area contributed by atoms with E-state index in [1.807, 2.05) is 0 Å². The Hall–Kier alpha value is -1.28. The third kappa shape index (κ3) is 4.07. The average molecular weight is 238 g/mol. The van der Waals surface area contributed by atoms with Crippen molar-refractivity contribution < 1.29 is 4.79 Å². The van der Waals surface area contributed by atoms with Gasteiger partial charge >= 0.3 is 0 Å². The van der Waals surface area contributed by atoms with Gasteiger partial charge < -0.3 is 5.73 Å². The Balaban J connectivity index is 2.68. The summed E-state index contributed by atoms with van der Waals surface area (Å²) in [5.41, 5.74) is 7.17. The summed E-state index contributed by atoms with van der Waals surface area (Å²) in [5.74, 6) is 0.126. The molecule has 0 radical (unpaired) electrons. The smallest absolute Gasteiger partial charge is 0.155 e. The van der Waals surface area contributed by atoms with Crippen molar-refractivity contribution in [2.45, 2.75) is 26.2 Å². The lowest BCUT2D eigenvalue weighted by molar-refractivity contribution is -0.114. The first kappa shape index (κ1) is 12.8. The number of hydrogen-bond acceptors (Lipinski definition) is 2. The topological polar surface area (TPSA) is 43.1 Å². The molecule has 0 aliphatic heterocycles. The van der Waals surface area contributed by atoms with Crippen LogP contribution >= 0.6 is 11.6 Å². The second-order valence-electron chi connectivity index (χ2n) is 3.68. The molecular formula is C13H16ClNO. The van der Waals surface area contributed by atoms with Gasteiger partial charge in [-0.15, -0.1) is 0 Å². The van der Waals surface area contributed by atoms with E-state index in [0.717, 1.165) is 18.4 Å². The first-order valence-electron chi connectivity index (χ1n) is 5.39. The van der Waals surface area contributed by atoms with Gasteiger partial charge in [0.05, 0.1) is 0 Å². The van der Waals surface area contributed by atoms with Crippen LogP contribution in [0.15, 0.2) is 24.3 Å². The van der Waals surface area contributed by atoms with E-state index in [1.165, 1.54) is 0 Å². The minimum atomic E-state index is 0.126. The van der Waals surface area contributed by atoms with E-state index in [-0.39, 0.29) is 5.78 Å². The zero-order valence-electron chi connectivity index (χ0n) is 9.37. The summed E-state index contributed by atoms with van der Waals surface area (Å²) in [6, 6.07) is 5.21. The number of allylic oxidation sites excluding steroid dienone is 1. The number of nitrogens with two attached hydrogens (primary N) is 1. The number of carbonyl (C=O) groups is 1. The van der Waals surface area contributed by atoms with Crippen molar-refractivity contribution in [1.29, 1.82) is 0 Å². The van der Waals surface area contributed by atoms with E-state index in [4.69, 9.17) is 17.3 Å². The summed E-state index contributed by atoms with van der Waals surface area (Å²) < 4.78 is 0. The molecular weight excluding hydrogens is 222 g/mol. The number of benzene rings is 1. The summed E-state index contributed by atoms with van der Waals surface area (Å²) in [7, 11) is 0. The van der Waals surface area contributed by atoms with Crippen LogP contribution in [0.25, 0.3) is 6.08 Å². The highest BCUT2D eigenvalue weighted by molar-refractivity contribution is 6.30. The standard InChI is InChI=1S/C13H16ClNO/c1-2-3-4-12(16)7-5-10-9-11(14)6-8-13(10)15/h5-9H,2-4,15H2,1H3/b7-5+. The monoisotopic (exact) mass is 237 g/mol. The molecule has 0 heterocycles. The Bertz CT molecular complexity index is 399. The number of halogens is 1. The normalized spacial score (nSPS) is 10.9. The van der Waals surface area contributed by atoms with Gasteiger partial charge in [-0.05, 0) is 42.3 Å². The summed E-state index contributed by atoms with van der Waals surface area (Å²) >= 11 is 5.84. The molecule has 0 aliphatic carbocycles. The minimum absolute atomic E-state index is 0.126. The molecule has 1 aromatic carbocycles. The van der Waals surface area contributed by atoms with Crippen molar-refractivity contribution in [3.05, 3.63) is 34.9 Å². The van der Waals surface area contributed by atoms with Crippen LogP contribution in [-0.2, 0) is 4.79 Å². The zero-order chi connectivity index (χ0) is 12.0. The Morgan fingerprint density at radius 3 is 2.94 bits per heavy atom. The van der Waals surface area contributed by atoms with Crippen molar-refractivity contribution in [3.8, 4) is 0 Å². The van der Waals surface area contributed by atoms with Crippen LogP contribution in [0.1, 0.15) is 31.7 Å². The van der Waals surface area contributed by atoms with Gasteiger partial charge in [0.1, 0.15) is 0 Å². The third-order valence-electron chi connectivity index (χ3n) is 2.27. The van der Waals surface area contributed by atoms with E-state index in [0.29, 0.717) is 17.1 Å². The lowest BCUT2D eigenvalue weighted by Gasteiger charge is -2.00. The molecule has 0 saturated carbocycles. The van der Waals surface area contributed by atoms with Crippen LogP contribution in [0.2, 0.25) is 5.02 Å². The van der Waals surface area contributed by atoms with Crippen molar-refractivity contribution in [1.82, 2.24) is 0 Å². The molecule has 0 spiro atoms. The molecule has 0 aromatic heterocycles. The van der Waals surface area contributed by atoms with E-state index in [9.17, 15) is 4.79 Å². The SMILES string of the molecule is CCCCC(=O)/C=C/c1cc(Cl)ccc1N. The molecule has 0 fully saturated rings. The van der Waals surface area contributed by atoms with Crippen molar-refractivity contribution >= 4 is 29.1 Å². The number of ketones is 1. The van der Waals surface area contributed by atoms with Gasteiger partial charge in [-0.3, -0.25) is 4.79 Å². The van der Waals surface area contributed by atoms with Crippen LogP contribution in [-0.4, -0.2) is 5.78 Å². The lowest BCUT2D eigenvalue weighted by Crippen LogP contribution is -1.93. The molecule has 86 valence electrons. The van der Waals surface area contributed by atoms with Gasteiger partial charge in [-0.1, -0.05) is 24.9 Å². The number of carbonyl (C=O) groups excluding carboxylic acids is 1. The van der Waals surface area contributed by atoms with Gasteiger partial charge in [-0.2, -0.15) is 0 Å². The number of hydrogen-bond donors (Lipinski definition) is 1. The van der Waals surface area contributed by atoms with E-state index >= 15 is 0 Å². The third-order valence-corrected chi connectivity index (χ3v) is 2.51. The van der Waals surface area contributed by atoms with Gasteiger partial charge in [-0.25, -0.2) is 0 Å². The molecule has 1 rings (SSSR count). The minimum Gasteiger partial charge on any atom is -0.398 e. The second kappa shape index (κ2) is 6.33. The molecule has 3 heteroatoms. The fourth-order valence-corrected chi connectivity index (χ4v) is 1.49. The van der Waals surface area contributed by atoms with E-state index < -0.39 is 0 Å². The maximum Gasteiger partial charge on any atom is 0.155 e. The molecule has 0 amide bonds. The molecule has 0 unspecified atom stereocenters. The van der Waals surface area contributed by atoms with Crippen LogP contribution < -0.4 is 5.73 Å². The lowest BCUT2D eigenvalue weighted by atomic mass is 10.1. The van der Waals surface area contributed by atoms with Crippen molar-refractivity contribution in [2.24, 2.45) is 0 Å². The first-order chi connectivity index (χ1) is 7.63. The molecule has 16 heavy (non-hydrogen) atoms. The van der Waals surface area contributed by atoms with Gasteiger partial charge in [0.25, 0.3) is 0 Å². The predicted octanol–water partition coefficient (Wildman–Crippen LogP) is 3.69. The summed E-state index contributed by atoms with van der Waals surface area (Å²) in [6.45, 7) is 2.06. The summed E-state index contributed by atoms with van der Waals surface area (Å²) in [5, 5.41) is 0.620. The largest absolute Gasteiger partial charge is 0.398 e. The molecule has 0 bridgehead atoms. The summed E-state index contributed by atoms with van der Waals surface area (Å²) in [4.78, 5) is 11.4. The molecule has 2 nitrogen and oxygen atoms in total. The first-order valence-corrected chi connectivity index (χ1v) is 5.77. The Labute approximate surface area is 101 Å². The second-order valence-corrected chi connectivity index (χ2v) is 4.11. The quantitative estimate of drug-likeness (QED) is 0.627.